The summed E-state index contributed by atoms with van der Waals surface area (Å²) in [5, 5.41) is 16.8. The van der Waals surface area contributed by atoms with E-state index in [0.717, 1.165) is 62.0 Å². The number of carbonyl (C=O) groups is 2. The van der Waals surface area contributed by atoms with Gasteiger partial charge in [0.05, 0.1) is 23.7 Å². The molecule has 1 aliphatic heterocycles. The zero-order chi connectivity index (χ0) is 34.0. The fourth-order valence-corrected chi connectivity index (χ4v) is 7.16. The van der Waals surface area contributed by atoms with Crippen molar-refractivity contribution < 1.29 is 24.5 Å². The summed E-state index contributed by atoms with van der Waals surface area (Å²) in [6.07, 6.45) is 5.56. The number of aromatic nitrogens is 2. The fourth-order valence-electron chi connectivity index (χ4n) is 7.16. The van der Waals surface area contributed by atoms with Gasteiger partial charge in [0.2, 0.25) is 0 Å². The first-order chi connectivity index (χ1) is 23.3. The second kappa shape index (κ2) is 16.6. The number of nitrogens with zero attached hydrogens (tertiary/aromatic N) is 3. The summed E-state index contributed by atoms with van der Waals surface area (Å²) in [6.45, 7) is 5.13. The molecular weight excluding hydrogens is 608 g/mol. The summed E-state index contributed by atoms with van der Waals surface area (Å²) in [4.78, 5) is 42.7. The average Bonchev–Trinajstić information content (AvgIpc) is 3.41. The summed E-state index contributed by atoms with van der Waals surface area (Å²) in [5.41, 5.74) is 5.60. The van der Waals surface area contributed by atoms with Crippen molar-refractivity contribution in [1.82, 2.24) is 19.4 Å². The van der Waals surface area contributed by atoms with Crippen LogP contribution < -0.4 is 10.4 Å². The number of hydrogen-bond donors (Lipinski definition) is 3. The number of carbonyl (C=O) groups excluding carboxylic acids is 1. The highest BCUT2D eigenvalue weighted by Gasteiger charge is 2.25. The number of carboxylic acid groups (broad SMARTS) is 1. The molecule has 1 aliphatic carbocycles. The molecule has 0 radical (unpaired) electrons. The van der Waals surface area contributed by atoms with Crippen molar-refractivity contribution in [2.24, 2.45) is 0 Å². The number of aliphatic hydroxyl groups is 1. The number of aromatic amines is 1. The predicted octanol–water partition coefficient (Wildman–Crippen LogP) is 5.74. The van der Waals surface area contributed by atoms with E-state index in [4.69, 9.17) is 14.6 Å². The van der Waals surface area contributed by atoms with Gasteiger partial charge in [0.1, 0.15) is 12.4 Å². The van der Waals surface area contributed by atoms with E-state index in [2.05, 4.69) is 66.3 Å². The highest BCUT2D eigenvalue weighted by Crippen LogP contribution is 2.31. The SMILES string of the molecule is Cc1ccc2c(c1)CN(C)CCC(c1ccccc1)CCCN(C(=O)c1ccc3c(c1)[nH]c(=O)n3C1CCC(O)CC1)CCO2.O=CO. The summed E-state index contributed by atoms with van der Waals surface area (Å²) in [7, 11) is 2.18. The molecule has 1 fully saturated rings. The van der Waals surface area contributed by atoms with Gasteiger partial charge >= 0.3 is 5.69 Å². The van der Waals surface area contributed by atoms with Crippen LogP contribution in [0, 0.1) is 6.92 Å². The molecule has 1 unspecified atom stereocenters. The van der Waals surface area contributed by atoms with E-state index in [9.17, 15) is 14.7 Å². The lowest BCUT2D eigenvalue weighted by Gasteiger charge is -2.27. The van der Waals surface area contributed by atoms with Gasteiger partial charge in [-0.2, -0.15) is 0 Å². The number of hydrogen-bond acceptors (Lipinski definition) is 6. The normalized spacial score (nSPS) is 21.2. The second-order valence-corrected chi connectivity index (χ2v) is 13.1. The number of imidazole rings is 1. The van der Waals surface area contributed by atoms with Gasteiger partial charge in [-0.15, -0.1) is 0 Å². The summed E-state index contributed by atoms with van der Waals surface area (Å²) in [5.74, 6) is 1.22. The van der Waals surface area contributed by atoms with E-state index < -0.39 is 0 Å². The number of H-pyrrole nitrogens is 1. The van der Waals surface area contributed by atoms with Crippen LogP contribution in [0.5, 0.6) is 5.75 Å². The van der Waals surface area contributed by atoms with Crippen LogP contribution >= 0.6 is 0 Å². The van der Waals surface area contributed by atoms with Crippen LogP contribution in [0.1, 0.15) is 84.0 Å². The van der Waals surface area contributed by atoms with Gasteiger partial charge < -0.3 is 29.7 Å². The van der Waals surface area contributed by atoms with Gasteiger partial charge in [-0.1, -0.05) is 48.0 Å². The van der Waals surface area contributed by atoms with Gasteiger partial charge in [0.15, 0.2) is 0 Å². The molecule has 1 atom stereocenters. The Morgan fingerprint density at radius 2 is 1.69 bits per heavy atom. The number of aliphatic hydroxyl groups excluding tert-OH is 1. The van der Waals surface area contributed by atoms with Crippen molar-refractivity contribution in [3.8, 4) is 5.75 Å². The average molecular weight is 657 g/mol. The lowest BCUT2D eigenvalue weighted by molar-refractivity contribution is -0.122. The van der Waals surface area contributed by atoms with Gasteiger partial charge in [-0.05, 0) is 101 Å². The molecule has 10 heteroatoms. The van der Waals surface area contributed by atoms with Crippen molar-refractivity contribution in [3.05, 3.63) is 99.5 Å². The maximum atomic E-state index is 14.0. The Balaban J connectivity index is 0.00000145. The van der Waals surface area contributed by atoms with Crippen LogP contribution in [-0.4, -0.2) is 81.3 Å². The smallest absolute Gasteiger partial charge is 0.326 e. The molecule has 48 heavy (non-hydrogen) atoms. The van der Waals surface area contributed by atoms with Gasteiger partial charge in [0.25, 0.3) is 12.4 Å². The summed E-state index contributed by atoms with van der Waals surface area (Å²) < 4.78 is 8.13. The molecule has 0 bridgehead atoms. The lowest BCUT2D eigenvalue weighted by atomic mass is 9.90. The van der Waals surface area contributed by atoms with E-state index >= 15 is 0 Å². The molecule has 0 saturated heterocycles. The lowest BCUT2D eigenvalue weighted by Crippen LogP contribution is -2.36. The second-order valence-electron chi connectivity index (χ2n) is 13.1. The zero-order valence-corrected chi connectivity index (χ0v) is 28.0. The third kappa shape index (κ3) is 8.73. The van der Waals surface area contributed by atoms with Crippen molar-refractivity contribution in [1.29, 1.82) is 0 Å². The van der Waals surface area contributed by atoms with Crippen LogP contribution in [0.3, 0.4) is 0 Å². The standard InChI is InChI=1S/C37H46N4O4.CH2O2/c1-26-10-17-35-30(23-26)25-39(2)20-18-28(27-7-4-3-5-8-27)9-6-19-40(21-22-45-35)36(43)29-11-16-34-33(24-29)38-37(44)41(34)31-12-14-32(42)15-13-31;2-1-3/h3-5,7-8,10-11,16-17,23-24,28,31-32,42H,6,9,12-15,18-22,25H2,1-2H3,(H,38,44);1H,(H,2,3). The van der Waals surface area contributed by atoms with Crippen molar-refractivity contribution in [2.75, 3.05) is 33.3 Å². The molecule has 10 nitrogen and oxygen atoms in total. The third-order valence-electron chi connectivity index (χ3n) is 9.67. The third-order valence-corrected chi connectivity index (χ3v) is 9.67. The number of fused-ring (bicyclic) bond motifs is 2. The number of aryl methyl sites for hydroxylation is 1. The molecule has 1 aromatic heterocycles. The Kier molecular flexibility index (Phi) is 12.1. The van der Waals surface area contributed by atoms with Crippen LogP contribution in [0.4, 0.5) is 0 Å². The maximum Gasteiger partial charge on any atom is 0.326 e. The minimum absolute atomic E-state index is 0.0536. The number of rotatable bonds is 3. The molecule has 2 aliphatic rings. The monoisotopic (exact) mass is 656 g/mol. The fraction of sp³-hybridized carbons (Fsp3) is 0.447. The molecule has 6 rings (SSSR count). The Hall–Kier alpha value is -4.41. The minimum Gasteiger partial charge on any atom is -0.491 e. The molecule has 1 saturated carbocycles. The molecule has 3 N–H and O–H groups in total. The highest BCUT2D eigenvalue weighted by molar-refractivity contribution is 5.97. The molecule has 0 spiro atoms. The number of benzene rings is 3. The van der Waals surface area contributed by atoms with E-state index in [0.29, 0.717) is 49.5 Å². The van der Waals surface area contributed by atoms with E-state index in [1.165, 1.54) is 11.1 Å². The van der Waals surface area contributed by atoms with Crippen LogP contribution in [0.2, 0.25) is 0 Å². The number of ether oxygens (including phenoxy) is 1. The van der Waals surface area contributed by atoms with E-state index in [1.807, 2.05) is 33.7 Å². The van der Waals surface area contributed by atoms with E-state index in [-0.39, 0.29) is 30.2 Å². The summed E-state index contributed by atoms with van der Waals surface area (Å²) in [6, 6.07) is 22.7. The van der Waals surface area contributed by atoms with Gasteiger partial charge in [-0.25, -0.2) is 4.79 Å². The van der Waals surface area contributed by atoms with Crippen molar-refractivity contribution >= 4 is 23.4 Å². The molecule has 1 amide bonds. The zero-order valence-electron chi connectivity index (χ0n) is 28.0. The highest BCUT2D eigenvalue weighted by atomic mass is 16.5. The van der Waals surface area contributed by atoms with E-state index in [1.54, 1.807) is 0 Å². The first-order valence-corrected chi connectivity index (χ1v) is 17.0. The van der Waals surface area contributed by atoms with Crippen molar-refractivity contribution in [2.45, 2.75) is 76.5 Å². The van der Waals surface area contributed by atoms with Crippen molar-refractivity contribution in [3.63, 3.8) is 0 Å². The Labute approximate surface area is 282 Å². The molecular formula is C38H48N4O6. The maximum absolute atomic E-state index is 14.0. The predicted molar refractivity (Wildman–Crippen MR) is 187 cm³/mol. The van der Waals surface area contributed by atoms with Crippen LogP contribution in [0.15, 0.2) is 71.5 Å². The van der Waals surface area contributed by atoms with Gasteiger partial charge in [0, 0.05) is 30.3 Å². The minimum atomic E-state index is -0.286. The van der Waals surface area contributed by atoms with Crippen LogP contribution in [0.25, 0.3) is 11.0 Å². The first-order valence-electron chi connectivity index (χ1n) is 17.0. The first kappa shape index (κ1) is 34.9. The Morgan fingerprint density at radius 1 is 0.938 bits per heavy atom. The topological polar surface area (TPSA) is 128 Å². The molecule has 3 aromatic carbocycles. The largest absolute Gasteiger partial charge is 0.491 e. The molecule has 2 heterocycles. The number of amides is 1. The summed E-state index contributed by atoms with van der Waals surface area (Å²) >= 11 is 0. The number of nitrogens with one attached hydrogen (secondary N) is 1. The molecule has 256 valence electrons. The Morgan fingerprint density at radius 3 is 2.44 bits per heavy atom. The quantitative estimate of drug-likeness (QED) is 0.240. The van der Waals surface area contributed by atoms with Gasteiger partial charge in [-0.3, -0.25) is 14.2 Å². The molecule has 4 aromatic rings. The van der Waals surface area contributed by atoms with Crippen LogP contribution in [-0.2, 0) is 11.3 Å². The Bertz CT molecular complexity index is 1710.